The van der Waals surface area contributed by atoms with E-state index >= 15 is 0 Å². The lowest BCUT2D eigenvalue weighted by atomic mass is 10.1. The summed E-state index contributed by atoms with van der Waals surface area (Å²) in [5, 5.41) is 3.04. The Labute approximate surface area is 168 Å². The molecule has 2 aliphatic rings. The number of nitrogens with one attached hydrogen (secondary N) is 1. The summed E-state index contributed by atoms with van der Waals surface area (Å²) in [5.41, 5.74) is 4.45. The Bertz CT molecular complexity index is 757. The largest absolute Gasteiger partial charge is 0.372 e. The molecular weight excluding hydrogens is 346 g/mol. The SMILES string of the molecule is O=C(NCc1ccc(N2CCCCC2)cc1)c1ccc(CN2CCCC2)cc1. The number of anilines is 1. The maximum atomic E-state index is 12.5. The van der Waals surface area contributed by atoms with E-state index in [4.69, 9.17) is 0 Å². The van der Waals surface area contributed by atoms with Gasteiger partial charge in [0.2, 0.25) is 0 Å². The van der Waals surface area contributed by atoms with E-state index in [-0.39, 0.29) is 5.91 Å². The van der Waals surface area contributed by atoms with Gasteiger partial charge in [0, 0.05) is 37.4 Å². The molecule has 0 aromatic heterocycles. The molecule has 28 heavy (non-hydrogen) atoms. The van der Waals surface area contributed by atoms with E-state index in [2.05, 4.69) is 51.5 Å². The van der Waals surface area contributed by atoms with Crippen LogP contribution in [0.3, 0.4) is 0 Å². The first-order valence-corrected chi connectivity index (χ1v) is 10.7. The van der Waals surface area contributed by atoms with Crippen molar-refractivity contribution in [3.8, 4) is 0 Å². The molecule has 2 aliphatic heterocycles. The van der Waals surface area contributed by atoms with Gasteiger partial charge in [-0.15, -0.1) is 0 Å². The smallest absolute Gasteiger partial charge is 0.251 e. The van der Waals surface area contributed by atoms with Gasteiger partial charge in [0.05, 0.1) is 0 Å². The summed E-state index contributed by atoms with van der Waals surface area (Å²) in [6, 6.07) is 16.7. The third-order valence-corrected chi connectivity index (χ3v) is 5.93. The third-order valence-electron chi connectivity index (χ3n) is 5.93. The number of piperidine rings is 1. The van der Waals surface area contributed by atoms with Gasteiger partial charge in [0.1, 0.15) is 0 Å². The predicted octanol–water partition coefficient (Wildman–Crippen LogP) is 4.20. The van der Waals surface area contributed by atoms with Crippen LogP contribution in [0.2, 0.25) is 0 Å². The molecule has 2 aromatic rings. The van der Waals surface area contributed by atoms with Crippen molar-refractivity contribution in [3.05, 3.63) is 65.2 Å². The molecule has 2 fully saturated rings. The zero-order valence-electron chi connectivity index (χ0n) is 16.7. The Morgan fingerprint density at radius 2 is 1.36 bits per heavy atom. The number of benzene rings is 2. The van der Waals surface area contributed by atoms with Crippen LogP contribution >= 0.6 is 0 Å². The van der Waals surface area contributed by atoms with Crippen LogP contribution in [0.4, 0.5) is 5.69 Å². The Hall–Kier alpha value is -2.33. The number of amides is 1. The summed E-state index contributed by atoms with van der Waals surface area (Å²) >= 11 is 0. The molecule has 0 radical (unpaired) electrons. The lowest BCUT2D eigenvalue weighted by molar-refractivity contribution is 0.0951. The average molecular weight is 378 g/mol. The second kappa shape index (κ2) is 9.24. The molecule has 2 aromatic carbocycles. The van der Waals surface area contributed by atoms with Gasteiger partial charge in [-0.05, 0) is 80.6 Å². The highest BCUT2D eigenvalue weighted by molar-refractivity contribution is 5.94. The molecule has 0 saturated carbocycles. The highest BCUT2D eigenvalue weighted by Crippen LogP contribution is 2.20. The van der Waals surface area contributed by atoms with Crippen molar-refractivity contribution in [2.24, 2.45) is 0 Å². The van der Waals surface area contributed by atoms with Gasteiger partial charge in [-0.25, -0.2) is 0 Å². The number of nitrogens with zero attached hydrogens (tertiary/aromatic N) is 2. The molecule has 2 saturated heterocycles. The second-order valence-corrected chi connectivity index (χ2v) is 8.08. The van der Waals surface area contributed by atoms with Gasteiger partial charge in [-0.3, -0.25) is 9.69 Å². The molecule has 0 aliphatic carbocycles. The number of hydrogen-bond acceptors (Lipinski definition) is 3. The summed E-state index contributed by atoms with van der Waals surface area (Å²) in [7, 11) is 0. The summed E-state index contributed by atoms with van der Waals surface area (Å²) < 4.78 is 0. The quantitative estimate of drug-likeness (QED) is 0.819. The van der Waals surface area contributed by atoms with E-state index in [0.717, 1.165) is 30.8 Å². The van der Waals surface area contributed by atoms with Gasteiger partial charge in [0.15, 0.2) is 0 Å². The Balaban J connectivity index is 1.27. The lowest BCUT2D eigenvalue weighted by Crippen LogP contribution is -2.29. The van der Waals surface area contributed by atoms with Crippen LogP contribution in [0.15, 0.2) is 48.5 Å². The highest BCUT2D eigenvalue weighted by Gasteiger charge is 2.13. The van der Waals surface area contributed by atoms with Crippen LogP contribution in [0.25, 0.3) is 0 Å². The van der Waals surface area contributed by atoms with Crippen LogP contribution in [0.1, 0.15) is 53.6 Å². The number of rotatable bonds is 6. The van der Waals surface area contributed by atoms with Crippen LogP contribution in [-0.2, 0) is 13.1 Å². The van der Waals surface area contributed by atoms with Crippen molar-refractivity contribution in [1.82, 2.24) is 10.2 Å². The molecule has 148 valence electrons. The zero-order valence-corrected chi connectivity index (χ0v) is 16.7. The van der Waals surface area contributed by atoms with Gasteiger partial charge in [0.25, 0.3) is 5.91 Å². The molecule has 0 unspecified atom stereocenters. The normalized spacial score (nSPS) is 17.6. The lowest BCUT2D eigenvalue weighted by Gasteiger charge is -2.28. The zero-order chi connectivity index (χ0) is 19.2. The van der Waals surface area contributed by atoms with Crippen molar-refractivity contribution < 1.29 is 4.79 Å². The van der Waals surface area contributed by atoms with E-state index in [1.54, 1.807) is 0 Å². The summed E-state index contributed by atoms with van der Waals surface area (Å²) in [4.78, 5) is 17.4. The second-order valence-electron chi connectivity index (χ2n) is 8.08. The Morgan fingerprint density at radius 1 is 0.750 bits per heavy atom. The first-order valence-electron chi connectivity index (χ1n) is 10.7. The average Bonchev–Trinajstić information content (AvgIpc) is 3.27. The minimum absolute atomic E-state index is 0.00664. The molecule has 1 N–H and O–H groups in total. The fourth-order valence-electron chi connectivity index (χ4n) is 4.22. The van der Waals surface area contributed by atoms with Crippen LogP contribution in [0.5, 0.6) is 0 Å². The molecule has 4 nitrogen and oxygen atoms in total. The standard InChI is InChI=1S/C24H31N3O/c28-24(22-10-6-21(7-11-22)19-26-14-4-5-15-26)25-18-20-8-12-23(13-9-20)27-16-2-1-3-17-27/h6-13H,1-5,14-19H2,(H,25,28). The molecule has 4 rings (SSSR count). The van der Waals surface area contributed by atoms with Crippen molar-refractivity contribution in [2.45, 2.75) is 45.2 Å². The fraction of sp³-hybridized carbons (Fsp3) is 0.458. The van der Waals surface area contributed by atoms with E-state index in [1.807, 2.05) is 12.1 Å². The first-order chi connectivity index (χ1) is 13.8. The number of hydrogen-bond donors (Lipinski definition) is 1. The molecule has 0 atom stereocenters. The summed E-state index contributed by atoms with van der Waals surface area (Å²) in [5.74, 6) is -0.00664. The Kier molecular flexibility index (Phi) is 6.27. The molecule has 0 bridgehead atoms. The topological polar surface area (TPSA) is 35.6 Å². The first kappa shape index (κ1) is 19.0. The number of likely N-dealkylation sites (tertiary alicyclic amines) is 1. The van der Waals surface area contributed by atoms with Crippen molar-refractivity contribution in [1.29, 1.82) is 0 Å². The summed E-state index contributed by atoms with van der Waals surface area (Å²) in [6.07, 6.45) is 6.53. The third kappa shape index (κ3) is 4.93. The Morgan fingerprint density at radius 3 is 2.04 bits per heavy atom. The van der Waals surface area contributed by atoms with Crippen molar-refractivity contribution in [3.63, 3.8) is 0 Å². The van der Waals surface area contributed by atoms with E-state index < -0.39 is 0 Å². The molecule has 1 amide bonds. The molecule has 2 heterocycles. The van der Waals surface area contributed by atoms with E-state index in [0.29, 0.717) is 6.54 Å². The molecule has 0 spiro atoms. The van der Waals surface area contributed by atoms with Crippen LogP contribution in [-0.4, -0.2) is 37.0 Å². The van der Waals surface area contributed by atoms with Gasteiger partial charge in [-0.1, -0.05) is 24.3 Å². The van der Waals surface area contributed by atoms with Crippen molar-refractivity contribution >= 4 is 11.6 Å². The monoisotopic (exact) mass is 377 g/mol. The van der Waals surface area contributed by atoms with Gasteiger partial charge >= 0.3 is 0 Å². The predicted molar refractivity (Wildman–Crippen MR) is 115 cm³/mol. The fourth-order valence-corrected chi connectivity index (χ4v) is 4.22. The van der Waals surface area contributed by atoms with Crippen LogP contribution < -0.4 is 10.2 Å². The maximum Gasteiger partial charge on any atom is 0.251 e. The number of carbonyl (C=O) groups is 1. The van der Waals surface area contributed by atoms with Gasteiger partial charge < -0.3 is 10.2 Å². The minimum atomic E-state index is -0.00664. The highest BCUT2D eigenvalue weighted by atomic mass is 16.1. The van der Waals surface area contributed by atoms with E-state index in [9.17, 15) is 4.79 Å². The summed E-state index contributed by atoms with van der Waals surface area (Å²) in [6.45, 7) is 6.26. The molecule has 4 heteroatoms. The van der Waals surface area contributed by atoms with Crippen molar-refractivity contribution in [2.75, 3.05) is 31.1 Å². The van der Waals surface area contributed by atoms with Crippen LogP contribution in [0, 0.1) is 0 Å². The molecular formula is C24H31N3O. The maximum absolute atomic E-state index is 12.5. The van der Waals surface area contributed by atoms with Gasteiger partial charge in [-0.2, -0.15) is 0 Å². The number of carbonyl (C=O) groups excluding carboxylic acids is 1. The minimum Gasteiger partial charge on any atom is -0.372 e. The van der Waals surface area contributed by atoms with E-state index in [1.165, 1.54) is 56.4 Å².